The Bertz CT molecular complexity index is 464. The predicted molar refractivity (Wildman–Crippen MR) is 67.6 cm³/mol. The Morgan fingerprint density at radius 3 is 3.06 bits per heavy atom. The fourth-order valence-electron chi connectivity index (χ4n) is 1.68. The van der Waals surface area contributed by atoms with E-state index in [1.807, 2.05) is 0 Å². The number of carbonyl (C=O) groups excluding carboxylic acids is 2. The van der Waals surface area contributed by atoms with E-state index in [2.05, 4.69) is 5.32 Å². The van der Waals surface area contributed by atoms with Gasteiger partial charge in [-0.25, -0.2) is 4.79 Å². The Morgan fingerprint density at radius 2 is 2.33 bits per heavy atom. The van der Waals surface area contributed by atoms with Gasteiger partial charge in [0.1, 0.15) is 6.54 Å². The number of nitrogens with zero attached hydrogens (tertiary/aromatic N) is 1. The topological polar surface area (TPSA) is 58.6 Å². The van der Waals surface area contributed by atoms with Gasteiger partial charge in [-0.1, -0.05) is 17.7 Å². The van der Waals surface area contributed by atoms with Crippen LogP contribution in [-0.4, -0.2) is 36.6 Å². The molecule has 0 aromatic heterocycles. The van der Waals surface area contributed by atoms with Crippen molar-refractivity contribution in [3.8, 4) is 0 Å². The summed E-state index contributed by atoms with van der Waals surface area (Å²) in [5.41, 5.74) is 0.609. The summed E-state index contributed by atoms with van der Waals surface area (Å²) < 4.78 is 4.85. The van der Waals surface area contributed by atoms with Gasteiger partial charge in [-0.15, -0.1) is 0 Å². The molecule has 18 heavy (non-hydrogen) atoms. The molecule has 0 bridgehead atoms. The van der Waals surface area contributed by atoms with Crippen LogP contribution in [0, 0.1) is 0 Å². The molecule has 0 saturated carbocycles. The third-order valence-corrected chi connectivity index (χ3v) is 2.73. The summed E-state index contributed by atoms with van der Waals surface area (Å²) in [5.74, 6) is -0.267. The average molecular weight is 269 g/mol. The van der Waals surface area contributed by atoms with Crippen molar-refractivity contribution in [2.24, 2.45) is 0 Å². The van der Waals surface area contributed by atoms with Crippen molar-refractivity contribution in [2.75, 3.05) is 25.0 Å². The zero-order valence-electron chi connectivity index (χ0n) is 9.69. The molecule has 1 aliphatic rings. The number of halogens is 1. The summed E-state index contributed by atoms with van der Waals surface area (Å²) in [6.07, 6.45) is 0.304. The molecule has 1 saturated heterocycles. The van der Waals surface area contributed by atoms with Gasteiger partial charge in [-0.2, -0.15) is 0 Å². The highest BCUT2D eigenvalue weighted by atomic mass is 35.5. The van der Waals surface area contributed by atoms with E-state index in [0.29, 0.717) is 23.9 Å². The van der Waals surface area contributed by atoms with E-state index in [1.165, 1.54) is 4.90 Å². The molecule has 0 spiro atoms. The van der Waals surface area contributed by atoms with Crippen molar-refractivity contribution >= 4 is 29.3 Å². The minimum absolute atomic E-state index is 0.00858. The van der Waals surface area contributed by atoms with Crippen molar-refractivity contribution in [2.45, 2.75) is 6.42 Å². The first-order valence-corrected chi connectivity index (χ1v) is 6.00. The average Bonchev–Trinajstić information content (AvgIpc) is 2.32. The monoisotopic (exact) mass is 268 g/mol. The van der Waals surface area contributed by atoms with Crippen LogP contribution in [-0.2, 0) is 9.53 Å². The first-order valence-electron chi connectivity index (χ1n) is 5.62. The third kappa shape index (κ3) is 3.37. The van der Waals surface area contributed by atoms with Crippen LogP contribution in [0.1, 0.15) is 6.42 Å². The summed E-state index contributed by atoms with van der Waals surface area (Å²) in [7, 11) is 0. The minimum atomic E-state index is -0.442. The first-order chi connectivity index (χ1) is 8.65. The number of amides is 2. The van der Waals surface area contributed by atoms with E-state index < -0.39 is 6.09 Å². The van der Waals surface area contributed by atoms with Crippen LogP contribution < -0.4 is 5.32 Å². The number of hydrogen-bond acceptors (Lipinski definition) is 3. The lowest BCUT2D eigenvalue weighted by Crippen LogP contribution is -2.42. The molecule has 1 N–H and O–H groups in total. The number of anilines is 1. The molecule has 6 heteroatoms. The fraction of sp³-hybridized carbons (Fsp3) is 0.333. The van der Waals surface area contributed by atoms with Crippen molar-refractivity contribution in [3.05, 3.63) is 29.3 Å². The lowest BCUT2D eigenvalue weighted by Gasteiger charge is -2.25. The van der Waals surface area contributed by atoms with Crippen LogP contribution >= 0.6 is 11.6 Å². The maximum atomic E-state index is 11.7. The Hall–Kier alpha value is -1.75. The predicted octanol–water partition coefficient (Wildman–Crippen LogP) is 2.12. The van der Waals surface area contributed by atoms with Crippen LogP contribution in [0.15, 0.2) is 24.3 Å². The van der Waals surface area contributed by atoms with Gasteiger partial charge in [-0.3, -0.25) is 9.69 Å². The second-order valence-electron chi connectivity index (χ2n) is 3.95. The van der Waals surface area contributed by atoms with Crippen LogP contribution in [0.25, 0.3) is 0 Å². The molecule has 0 unspecified atom stereocenters. The molecule has 0 radical (unpaired) electrons. The van der Waals surface area contributed by atoms with Crippen LogP contribution in [0.2, 0.25) is 5.02 Å². The number of rotatable bonds is 3. The Kier molecular flexibility index (Phi) is 4.04. The van der Waals surface area contributed by atoms with Gasteiger partial charge in [0.05, 0.1) is 6.61 Å². The maximum Gasteiger partial charge on any atom is 0.410 e. The quantitative estimate of drug-likeness (QED) is 0.913. The summed E-state index contributed by atoms with van der Waals surface area (Å²) in [6, 6.07) is 6.85. The zero-order valence-corrected chi connectivity index (χ0v) is 10.4. The zero-order chi connectivity index (χ0) is 13.0. The number of cyclic esters (lactones) is 1. The molecule has 2 rings (SSSR count). The normalized spacial score (nSPS) is 15.2. The molecule has 1 aliphatic heterocycles. The molecule has 1 aromatic carbocycles. The van der Waals surface area contributed by atoms with E-state index >= 15 is 0 Å². The molecule has 2 amide bonds. The Balaban J connectivity index is 1.90. The van der Waals surface area contributed by atoms with E-state index in [0.717, 1.165) is 6.42 Å². The van der Waals surface area contributed by atoms with E-state index in [4.69, 9.17) is 16.3 Å². The molecule has 0 aliphatic carbocycles. The first kappa shape index (κ1) is 12.7. The molecule has 0 atom stereocenters. The van der Waals surface area contributed by atoms with Crippen molar-refractivity contribution in [1.29, 1.82) is 0 Å². The van der Waals surface area contributed by atoms with Gasteiger partial charge < -0.3 is 10.1 Å². The molecule has 96 valence electrons. The molecule has 1 heterocycles. The number of carbonyl (C=O) groups is 2. The number of ether oxygens (including phenoxy) is 1. The largest absolute Gasteiger partial charge is 0.449 e. The second kappa shape index (κ2) is 5.73. The molecule has 1 fully saturated rings. The summed E-state index contributed by atoms with van der Waals surface area (Å²) in [6.45, 7) is 0.957. The number of nitrogens with one attached hydrogen (secondary N) is 1. The molecule has 1 aromatic rings. The molecular weight excluding hydrogens is 256 g/mol. The van der Waals surface area contributed by atoms with Gasteiger partial charge in [-0.05, 0) is 24.6 Å². The summed E-state index contributed by atoms with van der Waals surface area (Å²) in [5, 5.41) is 3.22. The van der Waals surface area contributed by atoms with Gasteiger partial charge in [0.2, 0.25) is 5.91 Å². The van der Waals surface area contributed by atoms with Crippen molar-refractivity contribution in [1.82, 2.24) is 4.90 Å². The maximum absolute atomic E-state index is 11.7. The summed E-state index contributed by atoms with van der Waals surface area (Å²) in [4.78, 5) is 24.5. The van der Waals surface area contributed by atoms with Gasteiger partial charge in [0.15, 0.2) is 0 Å². The lowest BCUT2D eigenvalue weighted by atomic mass is 10.3. The van der Waals surface area contributed by atoms with E-state index in [-0.39, 0.29) is 12.5 Å². The number of benzene rings is 1. The van der Waals surface area contributed by atoms with E-state index in [1.54, 1.807) is 24.3 Å². The van der Waals surface area contributed by atoms with Crippen LogP contribution in [0.3, 0.4) is 0 Å². The second-order valence-corrected chi connectivity index (χ2v) is 4.38. The minimum Gasteiger partial charge on any atom is -0.449 e. The SMILES string of the molecule is O=C(CN1CCCOC1=O)Nc1cccc(Cl)c1. The van der Waals surface area contributed by atoms with Crippen molar-refractivity contribution in [3.63, 3.8) is 0 Å². The van der Waals surface area contributed by atoms with Gasteiger partial charge in [0.25, 0.3) is 0 Å². The Morgan fingerprint density at radius 1 is 1.50 bits per heavy atom. The fourth-order valence-corrected chi connectivity index (χ4v) is 1.87. The molecular formula is C12H13ClN2O3. The van der Waals surface area contributed by atoms with Gasteiger partial charge in [0, 0.05) is 17.3 Å². The highest BCUT2D eigenvalue weighted by Gasteiger charge is 2.21. The lowest BCUT2D eigenvalue weighted by molar-refractivity contribution is -0.117. The standard InChI is InChI=1S/C12H13ClN2O3/c13-9-3-1-4-10(7-9)14-11(16)8-15-5-2-6-18-12(15)17/h1,3-4,7H,2,5-6,8H2,(H,14,16). The number of hydrogen-bond donors (Lipinski definition) is 1. The highest BCUT2D eigenvalue weighted by molar-refractivity contribution is 6.30. The van der Waals surface area contributed by atoms with Crippen molar-refractivity contribution < 1.29 is 14.3 Å². The van der Waals surface area contributed by atoms with Crippen LogP contribution in [0.4, 0.5) is 10.5 Å². The smallest absolute Gasteiger partial charge is 0.410 e. The molecule has 5 nitrogen and oxygen atoms in total. The highest BCUT2D eigenvalue weighted by Crippen LogP contribution is 2.15. The van der Waals surface area contributed by atoms with E-state index in [9.17, 15) is 9.59 Å². The van der Waals surface area contributed by atoms with Gasteiger partial charge >= 0.3 is 6.09 Å². The Labute approximate surface area is 110 Å². The third-order valence-electron chi connectivity index (χ3n) is 2.50. The summed E-state index contributed by atoms with van der Waals surface area (Å²) >= 11 is 5.81. The van der Waals surface area contributed by atoms with Crippen LogP contribution in [0.5, 0.6) is 0 Å².